The van der Waals surface area contributed by atoms with Gasteiger partial charge in [-0.15, -0.1) is 0 Å². The summed E-state index contributed by atoms with van der Waals surface area (Å²) in [6.45, 7) is 1.31. The first kappa shape index (κ1) is 12.3. The summed E-state index contributed by atoms with van der Waals surface area (Å²) in [5.41, 5.74) is 0. The molecule has 0 aromatic carbocycles. The van der Waals surface area contributed by atoms with Crippen LogP contribution in [0.2, 0.25) is 0 Å². The Kier molecular flexibility index (Phi) is 6.36. The normalized spacial score (nSPS) is 12.5. The molecule has 0 spiro atoms. The van der Waals surface area contributed by atoms with Crippen LogP contribution in [0.15, 0.2) is 0 Å². The SMILES string of the molecule is CCCCCC(=O)C(=O)C(O)CO. The van der Waals surface area contributed by atoms with Crippen LogP contribution in [-0.4, -0.2) is 34.5 Å². The molecule has 0 rings (SSSR count). The average molecular weight is 188 g/mol. The third kappa shape index (κ3) is 4.75. The molecule has 0 saturated carbocycles. The second-order valence-corrected chi connectivity index (χ2v) is 2.94. The summed E-state index contributed by atoms with van der Waals surface area (Å²) >= 11 is 0. The maximum Gasteiger partial charge on any atom is 0.229 e. The van der Waals surface area contributed by atoms with Crippen molar-refractivity contribution in [3.8, 4) is 0 Å². The fraction of sp³-hybridized carbons (Fsp3) is 0.778. The highest BCUT2D eigenvalue weighted by Crippen LogP contribution is 2.01. The largest absolute Gasteiger partial charge is 0.393 e. The van der Waals surface area contributed by atoms with Gasteiger partial charge < -0.3 is 10.2 Å². The Morgan fingerprint density at radius 3 is 2.38 bits per heavy atom. The van der Waals surface area contributed by atoms with E-state index in [9.17, 15) is 9.59 Å². The molecule has 0 aliphatic carbocycles. The summed E-state index contributed by atoms with van der Waals surface area (Å²) in [4.78, 5) is 21.9. The van der Waals surface area contributed by atoms with E-state index in [2.05, 4.69) is 0 Å². The molecule has 13 heavy (non-hydrogen) atoms. The Bertz CT molecular complexity index is 176. The molecule has 1 atom stereocenters. The number of aliphatic hydroxyl groups excluding tert-OH is 2. The van der Waals surface area contributed by atoms with Crippen molar-refractivity contribution in [3.63, 3.8) is 0 Å². The minimum absolute atomic E-state index is 0.170. The van der Waals surface area contributed by atoms with Gasteiger partial charge in [0.2, 0.25) is 11.6 Å². The molecule has 0 heterocycles. The van der Waals surface area contributed by atoms with Gasteiger partial charge in [0.05, 0.1) is 6.61 Å². The molecule has 0 bridgehead atoms. The summed E-state index contributed by atoms with van der Waals surface area (Å²) in [7, 11) is 0. The fourth-order valence-corrected chi connectivity index (χ4v) is 0.927. The second kappa shape index (κ2) is 6.74. The van der Waals surface area contributed by atoms with Crippen molar-refractivity contribution in [2.75, 3.05) is 6.61 Å². The van der Waals surface area contributed by atoms with Crippen molar-refractivity contribution < 1.29 is 19.8 Å². The van der Waals surface area contributed by atoms with Crippen LogP contribution in [0.4, 0.5) is 0 Å². The molecule has 0 saturated heterocycles. The summed E-state index contributed by atoms with van der Waals surface area (Å²) in [5, 5.41) is 17.2. The van der Waals surface area contributed by atoms with E-state index in [0.29, 0.717) is 6.42 Å². The lowest BCUT2D eigenvalue weighted by Crippen LogP contribution is -2.31. The van der Waals surface area contributed by atoms with E-state index in [1.165, 1.54) is 0 Å². The molecule has 0 aromatic heterocycles. The number of carbonyl (C=O) groups is 2. The first-order chi connectivity index (χ1) is 6.13. The van der Waals surface area contributed by atoms with Gasteiger partial charge in [0.25, 0.3) is 0 Å². The topological polar surface area (TPSA) is 74.6 Å². The summed E-state index contributed by atoms with van der Waals surface area (Å²) in [6, 6.07) is 0. The number of ketones is 2. The number of aliphatic hydroxyl groups is 2. The molecule has 4 nitrogen and oxygen atoms in total. The van der Waals surface area contributed by atoms with E-state index in [0.717, 1.165) is 12.8 Å². The van der Waals surface area contributed by atoms with Crippen LogP contribution in [0, 0.1) is 0 Å². The molecular formula is C9H16O4. The molecule has 0 aliphatic heterocycles. The van der Waals surface area contributed by atoms with Gasteiger partial charge in [-0.3, -0.25) is 9.59 Å². The number of hydrogen-bond acceptors (Lipinski definition) is 4. The van der Waals surface area contributed by atoms with Crippen LogP contribution in [0.25, 0.3) is 0 Å². The summed E-state index contributed by atoms with van der Waals surface area (Å²) in [5.74, 6) is -1.46. The quantitative estimate of drug-likeness (QED) is 0.437. The molecule has 0 radical (unpaired) electrons. The number of hydrogen-bond donors (Lipinski definition) is 2. The zero-order valence-electron chi connectivity index (χ0n) is 7.82. The third-order valence-electron chi connectivity index (χ3n) is 1.76. The fourth-order valence-electron chi connectivity index (χ4n) is 0.927. The van der Waals surface area contributed by atoms with E-state index in [-0.39, 0.29) is 6.42 Å². The maximum atomic E-state index is 11.0. The third-order valence-corrected chi connectivity index (χ3v) is 1.76. The zero-order chi connectivity index (χ0) is 10.3. The highest BCUT2D eigenvalue weighted by molar-refractivity contribution is 6.38. The molecule has 0 fully saturated rings. The highest BCUT2D eigenvalue weighted by atomic mass is 16.3. The van der Waals surface area contributed by atoms with Crippen LogP contribution in [0.1, 0.15) is 32.6 Å². The lowest BCUT2D eigenvalue weighted by molar-refractivity contribution is -0.142. The van der Waals surface area contributed by atoms with Crippen molar-refractivity contribution >= 4 is 11.6 Å². The minimum Gasteiger partial charge on any atom is -0.393 e. The van der Waals surface area contributed by atoms with Gasteiger partial charge in [-0.05, 0) is 6.42 Å². The molecule has 1 unspecified atom stereocenters. The number of rotatable bonds is 7. The van der Waals surface area contributed by atoms with Crippen LogP contribution in [0.3, 0.4) is 0 Å². The average Bonchev–Trinajstić information content (AvgIpc) is 2.15. The predicted molar refractivity (Wildman–Crippen MR) is 47.2 cm³/mol. The van der Waals surface area contributed by atoms with E-state index in [4.69, 9.17) is 10.2 Å². The smallest absolute Gasteiger partial charge is 0.229 e. The zero-order valence-corrected chi connectivity index (χ0v) is 7.82. The lowest BCUT2D eigenvalue weighted by Gasteiger charge is -2.03. The van der Waals surface area contributed by atoms with Gasteiger partial charge >= 0.3 is 0 Å². The first-order valence-corrected chi connectivity index (χ1v) is 4.49. The van der Waals surface area contributed by atoms with E-state index >= 15 is 0 Å². The van der Waals surface area contributed by atoms with E-state index in [1.54, 1.807) is 0 Å². The van der Waals surface area contributed by atoms with Gasteiger partial charge in [0.1, 0.15) is 6.10 Å². The molecule has 76 valence electrons. The molecular weight excluding hydrogens is 172 g/mol. The van der Waals surface area contributed by atoms with Crippen LogP contribution >= 0.6 is 0 Å². The van der Waals surface area contributed by atoms with Gasteiger partial charge in [-0.2, -0.15) is 0 Å². The lowest BCUT2D eigenvalue weighted by atomic mass is 10.1. The van der Waals surface area contributed by atoms with Crippen molar-refractivity contribution in [2.24, 2.45) is 0 Å². The van der Waals surface area contributed by atoms with Crippen molar-refractivity contribution in [3.05, 3.63) is 0 Å². The Morgan fingerprint density at radius 2 is 1.92 bits per heavy atom. The van der Waals surface area contributed by atoms with E-state index < -0.39 is 24.3 Å². The van der Waals surface area contributed by atoms with Crippen molar-refractivity contribution in [1.82, 2.24) is 0 Å². The Hall–Kier alpha value is -0.740. The summed E-state index contributed by atoms with van der Waals surface area (Å²) < 4.78 is 0. The summed E-state index contributed by atoms with van der Waals surface area (Å²) in [6.07, 6.45) is 1.18. The minimum atomic E-state index is -1.53. The van der Waals surface area contributed by atoms with Gasteiger partial charge in [0, 0.05) is 6.42 Å². The highest BCUT2D eigenvalue weighted by Gasteiger charge is 2.21. The number of unbranched alkanes of at least 4 members (excludes halogenated alkanes) is 2. The Morgan fingerprint density at radius 1 is 1.31 bits per heavy atom. The molecule has 0 aliphatic rings. The van der Waals surface area contributed by atoms with Crippen LogP contribution < -0.4 is 0 Å². The molecule has 2 N–H and O–H groups in total. The van der Waals surface area contributed by atoms with Crippen LogP contribution in [-0.2, 0) is 9.59 Å². The van der Waals surface area contributed by atoms with Gasteiger partial charge in [-0.1, -0.05) is 19.8 Å². The standard InChI is InChI=1S/C9H16O4/c1-2-3-4-5-7(11)9(13)8(12)6-10/h8,10,12H,2-6H2,1H3. The van der Waals surface area contributed by atoms with Crippen LogP contribution in [0.5, 0.6) is 0 Å². The Balaban J connectivity index is 3.76. The molecule has 4 heteroatoms. The van der Waals surface area contributed by atoms with E-state index in [1.807, 2.05) is 6.92 Å². The second-order valence-electron chi connectivity index (χ2n) is 2.94. The van der Waals surface area contributed by atoms with Crippen molar-refractivity contribution in [1.29, 1.82) is 0 Å². The monoisotopic (exact) mass is 188 g/mol. The molecule has 0 amide bonds. The van der Waals surface area contributed by atoms with Gasteiger partial charge in [-0.25, -0.2) is 0 Å². The first-order valence-electron chi connectivity index (χ1n) is 4.49. The predicted octanol–water partition coefficient (Wildman–Crippen LogP) is 0.0581. The number of carbonyl (C=O) groups excluding carboxylic acids is 2. The molecule has 0 aromatic rings. The van der Waals surface area contributed by atoms with Gasteiger partial charge in [0.15, 0.2) is 0 Å². The number of Topliss-reactive ketones (excluding diaryl/α,β-unsaturated/α-hetero) is 2. The van der Waals surface area contributed by atoms with Crippen molar-refractivity contribution in [2.45, 2.75) is 38.7 Å². The maximum absolute atomic E-state index is 11.0. The Labute approximate surface area is 77.6 Å².